The number of benzene rings is 1. The number of amides is 1. The van der Waals surface area contributed by atoms with Crippen LogP contribution in [0.4, 0.5) is 11.4 Å². The van der Waals surface area contributed by atoms with Gasteiger partial charge in [-0.2, -0.15) is 11.3 Å². The van der Waals surface area contributed by atoms with E-state index in [9.17, 15) is 4.79 Å². The first-order valence-electron chi connectivity index (χ1n) is 5.43. The van der Waals surface area contributed by atoms with Crippen LogP contribution in [0, 0.1) is 0 Å². The summed E-state index contributed by atoms with van der Waals surface area (Å²) >= 11 is 1.58. The second-order valence-electron chi connectivity index (χ2n) is 3.81. The predicted octanol–water partition coefficient (Wildman–Crippen LogP) is 2.52. The molecule has 5 heteroatoms. The Balaban J connectivity index is 2.03. The highest BCUT2D eigenvalue weighted by molar-refractivity contribution is 7.08. The molecule has 2 rings (SSSR count). The molecule has 0 bridgehead atoms. The van der Waals surface area contributed by atoms with E-state index in [1.807, 2.05) is 16.8 Å². The molecule has 1 aromatic carbocycles. The van der Waals surface area contributed by atoms with Gasteiger partial charge in [0.2, 0.25) is 5.91 Å². The molecule has 0 fully saturated rings. The topological polar surface area (TPSA) is 64.3 Å². The molecule has 2 aromatic rings. The van der Waals surface area contributed by atoms with Crippen LogP contribution in [0.25, 0.3) is 0 Å². The normalized spacial score (nSPS) is 10.1. The van der Waals surface area contributed by atoms with Crippen molar-refractivity contribution in [1.29, 1.82) is 0 Å². The van der Waals surface area contributed by atoms with Gasteiger partial charge < -0.3 is 15.8 Å². The third-order valence-electron chi connectivity index (χ3n) is 2.46. The molecule has 0 saturated heterocycles. The lowest BCUT2D eigenvalue weighted by Gasteiger charge is -2.08. The van der Waals surface area contributed by atoms with E-state index in [4.69, 9.17) is 10.5 Å². The fraction of sp³-hybridized carbons (Fsp3) is 0.154. The lowest BCUT2D eigenvalue weighted by molar-refractivity contribution is -0.115. The summed E-state index contributed by atoms with van der Waals surface area (Å²) in [5.74, 6) is 0.503. The van der Waals surface area contributed by atoms with Crippen LogP contribution in [0.1, 0.15) is 5.56 Å². The molecule has 0 aliphatic rings. The minimum absolute atomic E-state index is 0.0553. The van der Waals surface area contributed by atoms with Crippen molar-refractivity contribution in [2.75, 3.05) is 18.2 Å². The highest BCUT2D eigenvalue weighted by Gasteiger charge is 2.06. The number of carbonyl (C=O) groups excluding carboxylic acids is 1. The summed E-state index contributed by atoms with van der Waals surface area (Å²) in [6.07, 6.45) is 0.371. The van der Waals surface area contributed by atoms with E-state index >= 15 is 0 Å². The number of rotatable bonds is 4. The lowest BCUT2D eigenvalue weighted by Crippen LogP contribution is -2.14. The monoisotopic (exact) mass is 262 g/mol. The van der Waals surface area contributed by atoms with Crippen molar-refractivity contribution in [2.24, 2.45) is 0 Å². The van der Waals surface area contributed by atoms with E-state index in [2.05, 4.69) is 5.32 Å². The highest BCUT2D eigenvalue weighted by atomic mass is 32.1. The first-order chi connectivity index (χ1) is 8.69. The number of thiophene rings is 1. The van der Waals surface area contributed by atoms with Gasteiger partial charge in [-0.1, -0.05) is 0 Å². The number of nitrogens with two attached hydrogens (primary N) is 1. The molecule has 0 radical (unpaired) electrons. The summed E-state index contributed by atoms with van der Waals surface area (Å²) in [5, 5.41) is 6.73. The summed E-state index contributed by atoms with van der Waals surface area (Å²) in [6.45, 7) is 0. The molecule has 94 valence electrons. The van der Waals surface area contributed by atoms with Crippen molar-refractivity contribution >= 4 is 28.6 Å². The van der Waals surface area contributed by atoms with Crippen molar-refractivity contribution in [3.05, 3.63) is 40.6 Å². The summed E-state index contributed by atoms with van der Waals surface area (Å²) in [5.41, 5.74) is 7.95. The Kier molecular flexibility index (Phi) is 3.84. The number of methoxy groups -OCH3 is 1. The molecule has 1 amide bonds. The van der Waals surface area contributed by atoms with E-state index in [1.165, 1.54) is 0 Å². The summed E-state index contributed by atoms with van der Waals surface area (Å²) < 4.78 is 5.10. The Morgan fingerprint density at radius 2 is 2.28 bits per heavy atom. The third-order valence-corrected chi connectivity index (χ3v) is 3.19. The fourth-order valence-corrected chi connectivity index (χ4v) is 2.24. The summed E-state index contributed by atoms with van der Waals surface area (Å²) in [4.78, 5) is 11.8. The molecule has 1 heterocycles. The molecule has 1 aromatic heterocycles. The van der Waals surface area contributed by atoms with Crippen LogP contribution >= 0.6 is 11.3 Å². The van der Waals surface area contributed by atoms with Gasteiger partial charge in [0.25, 0.3) is 0 Å². The first kappa shape index (κ1) is 12.4. The molecule has 0 saturated carbocycles. The summed E-state index contributed by atoms with van der Waals surface area (Å²) in [6, 6.07) is 7.11. The molecule has 0 unspecified atom stereocenters. The van der Waals surface area contributed by atoms with Gasteiger partial charge in [-0.05, 0) is 34.5 Å². The van der Waals surface area contributed by atoms with Gasteiger partial charge >= 0.3 is 0 Å². The average Bonchev–Trinajstić information content (AvgIpc) is 2.84. The Bertz CT molecular complexity index is 538. The Labute approximate surface area is 109 Å². The number of nitrogen functional groups attached to an aromatic ring is 1. The second-order valence-corrected chi connectivity index (χ2v) is 4.59. The van der Waals surface area contributed by atoms with Crippen LogP contribution in [-0.4, -0.2) is 13.0 Å². The van der Waals surface area contributed by atoms with Gasteiger partial charge in [0.1, 0.15) is 5.75 Å². The molecular weight excluding hydrogens is 248 g/mol. The molecule has 0 atom stereocenters. The van der Waals surface area contributed by atoms with Crippen molar-refractivity contribution in [3.8, 4) is 5.75 Å². The number of ether oxygens (including phenoxy) is 1. The van der Waals surface area contributed by atoms with Crippen LogP contribution in [0.5, 0.6) is 5.75 Å². The SMILES string of the molecule is COc1cc(NC(=O)Cc2ccsc2)ccc1N. The van der Waals surface area contributed by atoms with Crippen LogP contribution in [0.2, 0.25) is 0 Å². The second kappa shape index (κ2) is 5.55. The van der Waals surface area contributed by atoms with Gasteiger partial charge in [-0.3, -0.25) is 4.79 Å². The molecule has 0 aliphatic carbocycles. The summed E-state index contributed by atoms with van der Waals surface area (Å²) in [7, 11) is 1.54. The van der Waals surface area contributed by atoms with E-state index < -0.39 is 0 Å². The molecule has 0 spiro atoms. The maximum atomic E-state index is 11.8. The zero-order chi connectivity index (χ0) is 13.0. The number of anilines is 2. The molecular formula is C13H14N2O2S. The standard InChI is InChI=1S/C13H14N2O2S/c1-17-12-7-10(2-3-11(12)14)15-13(16)6-9-4-5-18-8-9/h2-5,7-8H,6,14H2,1H3,(H,15,16). The van der Waals surface area contributed by atoms with E-state index in [0.717, 1.165) is 5.56 Å². The minimum Gasteiger partial charge on any atom is -0.495 e. The molecule has 0 aliphatic heterocycles. The maximum absolute atomic E-state index is 11.8. The zero-order valence-electron chi connectivity index (χ0n) is 9.97. The predicted molar refractivity (Wildman–Crippen MR) is 74.1 cm³/mol. The number of hydrogen-bond donors (Lipinski definition) is 2. The smallest absolute Gasteiger partial charge is 0.228 e. The molecule has 3 N–H and O–H groups in total. The van der Waals surface area contributed by atoms with E-state index in [0.29, 0.717) is 23.5 Å². The van der Waals surface area contributed by atoms with Crippen LogP contribution in [0.3, 0.4) is 0 Å². The van der Waals surface area contributed by atoms with E-state index in [1.54, 1.807) is 36.6 Å². The van der Waals surface area contributed by atoms with Crippen molar-refractivity contribution in [3.63, 3.8) is 0 Å². The van der Waals surface area contributed by atoms with Gasteiger partial charge in [0.05, 0.1) is 19.2 Å². The Morgan fingerprint density at radius 3 is 2.94 bits per heavy atom. The largest absolute Gasteiger partial charge is 0.495 e. The van der Waals surface area contributed by atoms with Crippen LogP contribution in [0.15, 0.2) is 35.0 Å². The quantitative estimate of drug-likeness (QED) is 0.832. The van der Waals surface area contributed by atoms with Gasteiger partial charge in [-0.15, -0.1) is 0 Å². The lowest BCUT2D eigenvalue weighted by atomic mass is 10.2. The number of nitrogens with one attached hydrogen (secondary N) is 1. The maximum Gasteiger partial charge on any atom is 0.228 e. The average molecular weight is 262 g/mol. The van der Waals surface area contributed by atoms with E-state index in [-0.39, 0.29) is 5.91 Å². The van der Waals surface area contributed by atoms with Crippen LogP contribution < -0.4 is 15.8 Å². The number of hydrogen-bond acceptors (Lipinski definition) is 4. The van der Waals surface area contributed by atoms with Crippen molar-refractivity contribution in [1.82, 2.24) is 0 Å². The van der Waals surface area contributed by atoms with Gasteiger partial charge in [-0.25, -0.2) is 0 Å². The minimum atomic E-state index is -0.0553. The number of carbonyl (C=O) groups is 1. The zero-order valence-corrected chi connectivity index (χ0v) is 10.8. The highest BCUT2D eigenvalue weighted by Crippen LogP contribution is 2.25. The molecule has 4 nitrogen and oxygen atoms in total. The Hall–Kier alpha value is -2.01. The first-order valence-corrected chi connectivity index (χ1v) is 6.38. The van der Waals surface area contributed by atoms with Crippen molar-refractivity contribution in [2.45, 2.75) is 6.42 Å². The van der Waals surface area contributed by atoms with Crippen molar-refractivity contribution < 1.29 is 9.53 Å². The molecule has 18 heavy (non-hydrogen) atoms. The third kappa shape index (κ3) is 3.01. The van der Waals surface area contributed by atoms with Crippen LogP contribution in [-0.2, 0) is 11.2 Å². The fourth-order valence-electron chi connectivity index (χ4n) is 1.57. The Morgan fingerprint density at radius 1 is 1.44 bits per heavy atom. The van der Waals surface area contributed by atoms with Gasteiger partial charge in [0.15, 0.2) is 0 Å². The van der Waals surface area contributed by atoms with Gasteiger partial charge in [0, 0.05) is 11.8 Å².